The summed E-state index contributed by atoms with van der Waals surface area (Å²) < 4.78 is 6.39. The summed E-state index contributed by atoms with van der Waals surface area (Å²) in [4.78, 5) is 8.75. The molecule has 0 amide bonds. The van der Waals surface area contributed by atoms with Gasteiger partial charge >= 0.3 is 0 Å². The zero-order valence-corrected chi connectivity index (χ0v) is 10.7. The molecule has 0 radical (unpaired) electrons. The molecular weight excluding hydrogens is 268 g/mol. The minimum Gasteiger partial charge on any atom is -0.478 e. The monoisotopic (exact) mass is 282 g/mol. The summed E-state index contributed by atoms with van der Waals surface area (Å²) >= 11 is 3.38. The lowest BCUT2D eigenvalue weighted by molar-refractivity contribution is 0.298. The van der Waals surface area contributed by atoms with Crippen LogP contribution in [0.5, 0.6) is 5.88 Å². The van der Waals surface area contributed by atoms with E-state index in [1.807, 2.05) is 12.1 Å². The maximum atomic E-state index is 5.58. The van der Waals surface area contributed by atoms with Crippen LogP contribution in [0.25, 0.3) is 0 Å². The topological polar surface area (TPSA) is 35.0 Å². The number of aromatic nitrogens is 2. The first-order valence-corrected chi connectivity index (χ1v) is 6.37. The molecule has 1 saturated carbocycles. The molecule has 1 aliphatic carbocycles. The van der Waals surface area contributed by atoms with Gasteiger partial charge in [-0.2, -0.15) is 4.98 Å². The Balaban J connectivity index is 1.94. The van der Waals surface area contributed by atoms with E-state index in [2.05, 4.69) is 32.5 Å². The molecule has 1 fully saturated rings. The van der Waals surface area contributed by atoms with Crippen LogP contribution in [0.4, 0.5) is 0 Å². The van der Waals surface area contributed by atoms with Gasteiger partial charge in [0.1, 0.15) is 10.4 Å². The van der Waals surface area contributed by atoms with Crippen molar-refractivity contribution in [1.82, 2.24) is 9.97 Å². The standard InChI is InChI=1S/C12H15BrN2O/c1-2-3-4-7-16-11-8-10(13)14-12(15-11)9-5-6-9/h2,8-9H,1,3-7H2. The van der Waals surface area contributed by atoms with Gasteiger partial charge in [-0.25, -0.2) is 4.98 Å². The van der Waals surface area contributed by atoms with E-state index in [9.17, 15) is 0 Å². The molecule has 0 N–H and O–H groups in total. The fraction of sp³-hybridized carbons (Fsp3) is 0.500. The summed E-state index contributed by atoms with van der Waals surface area (Å²) in [5, 5.41) is 0. The zero-order chi connectivity index (χ0) is 11.4. The third-order valence-corrected chi connectivity index (χ3v) is 2.84. The Morgan fingerprint density at radius 3 is 3.00 bits per heavy atom. The van der Waals surface area contributed by atoms with E-state index in [4.69, 9.17) is 4.74 Å². The number of allylic oxidation sites excluding steroid dienone is 1. The Hall–Kier alpha value is -0.900. The maximum absolute atomic E-state index is 5.58. The Morgan fingerprint density at radius 1 is 1.50 bits per heavy atom. The summed E-state index contributed by atoms with van der Waals surface area (Å²) in [7, 11) is 0. The van der Waals surface area contributed by atoms with Crippen LogP contribution < -0.4 is 4.74 Å². The van der Waals surface area contributed by atoms with Crippen molar-refractivity contribution in [3.8, 4) is 5.88 Å². The van der Waals surface area contributed by atoms with E-state index >= 15 is 0 Å². The van der Waals surface area contributed by atoms with Gasteiger partial charge in [-0.15, -0.1) is 6.58 Å². The number of hydrogen-bond donors (Lipinski definition) is 0. The largest absolute Gasteiger partial charge is 0.478 e. The van der Waals surface area contributed by atoms with E-state index in [0.29, 0.717) is 18.4 Å². The van der Waals surface area contributed by atoms with E-state index in [1.54, 1.807) is 0 Å². The van der Waals surface area contributed by atoms with E-state index in [1.165, 1.54) is 12.8 Å². The SMILES string of the molecule is C=CCCCOc1cc(Br)nc(C2CC2)n1. The maximum Gasteiger partial charge on any atom is 0.217 e. The lowest BCUT2D eigenvalue weighted by Crippen LogP contribution is -2.02. The van der Waals surface area contributed by atoms with E-state index in [0.717, 1.165) is 23.3 Å². The molecule has 0 unspecified atom stereocenters. The number of unbranched alkanes of at least 4 members (excludes halogenated alkanes) is 1. The third kappa shape index (κ3) is 3.30. The average molecular weight is 283 g/mol. The molecule has 2 rings (SSSR count). The highest BCUT2D eigenvalue weighted by atomic mass is 79.9. The highest BCUT2D eigenvalue weighted by molar-refractivity contribution is 9.10. The molecule has 0 spiro atoms. The second kappa shape index (κ2) is 5.43. The molecule has 1 aromatic heterocycles. The second-order valence-electron chi connectivity index (χ2n) is 3.94. The van der Waals surface area contributed by atoms with Crippen LogP contribution in [-0.4, -0.2) is 16.6 Å². The van der Waals surface area contributed by atoms with E-state index in [-0.39, 0.29) is 0 Å². The minimum atomic E-state index is 0.549. The van der Waals surface area contributed by atoms with Crippen LogP contribution in [0.2, 0.25) is 0 Å². The van der Waals surface area contributed by atoms with Gasteiger partial charge in [-0.1, -0.05) is 6.08 Å². The molecular formula is C12H15BrN2O. The molecule has 0 saturated heterocycles. The van der Waals surface area contributed by atoms with Crippen LogP contribution in [0.3, 0.4) is 0 Å². The first kappa shape index (κ1) is 11.6. The normalized spacial score (nSPS) is 14.8. The molecule has 0 aliphatic heterocycles. The zero-order valence-electron chi connectivity index (χ0n) is 9.16. The fourth-order valence-corrected chi connectivity index (χ4v) is 1.79. The predicted octanol–water partition coefficient (Wildman–Crippen LogP) is 3.46. The molecule has 3 nitrogen and oxygen atoms in total. The smallest absolute Gasteiger partial charge is 0.217 e. The predicted molar refractivity (Wildman–Crippen MR) is 66.6 cm³/mol. The minimum absolute atomic E-state index is 0.549. The van der Waals surface area contributed by atoms with Gasteiger partial charge < -0.3 is 4.74 Å². The summed E-state index contributed by atoms with van der Waals surface area (Å²) in [5.41, 5.74) is 0. The van der Waals surface area contributed by atoms with Crippen molar-refractivity contribution in [3.05, 3.63) is 29.1 Å². The van der Waals surface area contributed by atoms with Crippen molar-refractivity contribution in [2.75, 3.05) is 6.61 Å². The third-order valence-electron chi connectivity index (χ3n) is 2.43. The highest BCUT2D eigenvalue weighted by Gasteiger charge is 2.27. The van der Waals surface area contributed by atoms with Crippen molar-refractivity contribution < 1.29 is 4.74 Å². The van der Waals surface area contributed by atoms with Crippen LogP contribution in [0, 0.1) is 0 Å². The molecule has 86 valence electrons. The Kier molecular flexibility index (Phi) is 3.93. The molecule has 1 heterocycles. The Bertz CT molecular complexity index is 377. The highest BCUT2D eigenvalue weighted by Crippen LogP contribution is 2.39. The van der Waals surface area contributed by atoms with Crippen molar-refractivity contribution >= 4 is 15.9 Å². The van der Waals surface area contributed by atoms with Crippen molar-refractivity contribution in [2.45, 2.75) is 31.6 Å². The van der Waals surface area contributed by atoms with E-state index < -0.39 is 0 Å². The molecule has 0 bridgehead atoms. The molecule has 16 heavy (non-hydrogen) atoms. The van der Waals surface area contributed by atoms with Gasteiger partial charge in [-0.05, 0) is 41.6 Å². The van der Waals surface area contributed by atoms with Gasteiger partial charge in [-0.3, -0.25) is 0 Å². The number of rotatable bonds is 6. The molecule has 0 aromatic carbocycles. The number of hydrogen-bond acceptors (Lipinski definition) is 3. The lowest BCUT2D eigenvalue weighted by atomic mass is 10.3. The summed E-state index contributed by atoms with van der Waals surface area (Å²) in [6, 6.07) is 1.82. The Morgan fingerprint density at radius 2 is 2.31 bits per heavy atom. The Labute approximate surface area is 104 Å². The number of ether oxygens (including phenoxy) is 1. The number of halogens is 1. The van der Waals surface area contributed by atoms with Gasteiger partial charge in [0, 0.05) is 12.0 Å². The second-order valence-corrected chi connectivity index (χ2v) is 4.75. The van der Waals surface area contributed by atoms with Crippen molar-refractivity contribution in [1.29, 1.82) is 0 Å². The van der Waals surface area contributed by atoms with Crippen molar-refractivity contribution in [2.24, 2.45) is 0 Å². The molecule has 4 heteroatoms. The first-order chi connectivity index (χ1) is 7.79. The average Bonchev–Trinajstić information content (AvgIpc) is 3.07. The first-order valence-electron chi connectivity index (χ1n) is 5.58. The molecule has 1 aromatic rings. The summed E-state index contributed by atoms with van der Waals surface area (Å²) in [5.74, 6) is 2.13. The van der Waals surface area contributed by atoms with Crippen molar-refractivity contribution in [3.63, 3.8) is 0 Å². The summed E-state index contributed by atoms with van der Waals surface area (Å²) in [6.45, 7) is 4.36. The molecule has 0 atom stereocenters. The van der Waals surface area contributed by atoms with Gasteiger partial charge in [0.2, 0.25) is 5.88 Å². The van der Waals surface area contributed by atoms with Gasteiger partial charge in [0.25, 0.3) is 0 Å². The quantitative estimate of drug-likeness (QED) is 0.455. The summed E-state index contributed by atoms with van der Waals surface area (Å²) in [6.07, 6.45) is 6.25. The fourth-order valence-electron chi connectivity index (χ4n) is 1.42. The lowest BCUT2D eigenvalue weighted by Gasteiger charge is -2.06. The van der Waals surface area contributed by atoms with Crippen LogP contribution in [0.1, 0.15) is 37.4 Å². The van der Waals surface area contributed by atoms with Crippen LogP contribution in [0.15, 0.2) is 23.3 Å². The molecule has 1 aliphatic rings. The van der Waals surface area contributed by atoms with Crippen LogP contribution >= 0.6 is 15.9 Å². The van der Waals surface area contributed by atoms with Crippen LogP contribution in [-0.2, 0) is 0 Å². The number of nitrogens with zero attached hydrogens (tertiary/aromatic N) is 2. The van der Waals surface area contributed by atoms with Gasteiger partial charge in [0.05, 0.1) is 6.61 Å². The van der Waals surface area contributed by atoms with Gasteiger partial charge in [0.15, 0.2) is 0 Å².